The van der Waals surface area contributed by atoms with Gasteiger partial charge in [-0.15, -0.1) is 0 Å². The first-order valence-electron chi connectivity index (χ1n) is 6.96. The molecule has 0 unspecified atom stereocenters. The molecule has 0 atom stereocenters. The molecule has 6 nitrogen and oxygen atoms in total. The van der Waals surface area contributed by atoms with E-state index in [0.29, 0.717) is 6.54 Å². The fourth-order valence-corrected chi connectivity index (χ4v) is 2.46. The van der Waals surface area contributed by atoms with E-state index in [9.17, 15) is 5.11 Å². The molecule has 0 aliphatic rings. The number of hydrogen-bond donors (Lipinski definition) is 2. The highest BCUT2D eigenvalue weighted by Gasteiger charge is 2.14. The molecule has 6 heteroatoms. The Labute approximate surface area is 119 Å². The minimum absolute atomic E-state index is 0.161. The van der Waals surface area contributed by atoms with Crippen LogP contribution in [0.25, 0.3) is 0 Å². The van der Waals surface area contributed by atoms with Crippen LogP contribution in [0.1, 0.15) is 22.8 Å². The summed E-state index contributed by atoms with van der Waals surface area (Å²) < 4.78 is 3.98. The first-order valence-corrected chi connectivity index (χ1v) is 6.96. The Hall–Kier alpha value is -1.66. The first kappa shape index (κ1) is 14.7. The second-order valence-corrected chi connectivity index (χ2v) is 5.39. The standard InChI is InChI=1S/C14H23N5O/c1-11-7-13(3)18(15-11)9-17(5-6-20)10-19-14(4)8-12(2)16-19/h7-8,20H,5-6,9-10H2,1-4H3/p+1. The number of aliphatic hydroxyl groups excluding tert-OH is 1. The maximum Gasteiger partial charge on any atom is 0.174 e. The average Bonchev–Trinajstić information content (AvgIpc) is 2.82. The van der Waals surface area contributed by atoms with Crippen molar-refractivity contribution in [2.75, 3.05) is 13.2 Å². The van der Waals surface area contributed by atoms with E-state index in [1.807, 2.05) is 23.2 Å². The first-order chi connectivity index (χ1) is 9.49. The molecule has 0 aliphatic carbocycles. The van der Waals surface area contributed by atoms with Gasteiger partial charge >= 0.3 is 0 Å². The molecule has 0 bridgehead atoms. The van der Waals surface area contributed by atoms with Crippen molar-refractivity contribution >= 4 is 0 Å². The maximum atomic E-state index is 9.26. The lowest BCUT2D eigenvalue weighted by Crippen LogP contribution is -3.11. The molecule has 2 N–H and O–H groups in total. The van der Waals surface area contributed by atoms with Gasteiger partial charge in [-0.2, -0.15) is 10.2 Å². The van der Waals surface area contributed by atoms with Crippen LogP contribution in [0.4, 0.5) is 0 Å². The van der Waals surface area contributed by atoms with Crippen LogP contribution in [0.15, 0.2) is 12.1 Å². The molecule has 0 aliphatic heterocycles. The van der Waals surface area contributed by atoms with E-state index in [1.165, 1.54) is 4.90 Å². The molecule has 0 fully saturated rings. The summed E-state index contributed by atoms with van der Waals surface area (Å²) in [5, 5.41) is 18.2. The number of nitrogens with one attached hydrogen (secondary N) is 1. The van der Waals surface area contributed by atoms with E-state index in [0.717, 1.165) is 36.1 Å². The van der Waals surface area contributed by atoms with Crippen LogP contribution in [-0.4, -0.2) is 37.8 Å². The van der Waals surface area contributed by atoms with Gasteiger partial charge in [-0.1, -0.05) is 0 Å². The Morgan fingerprint density at radius 3 is 1.70 bits per heavy atom. The van der Waals surface area contributed by atoms with Gasteiger partial charge in [0.05, 0.1) is 18.0 Å². The van der Waals surface area contributed by atoms with Gasteiger partial charge < -0.3 is 5.11 Å². The van der Waals surface area contributed by atoms with Crippen LogP contribution in [0.5, 0.6) is 0 Å². The maximum absolute atomic E-state index is 9.26. The predicted octanol–water partition coefficient (Wildman–Crippen LogP) is -0.194. The topological polar surface area (TPSA) is 60.3 Å². The lowest BCUT2D eigenvalue weighted by atomic mass is 10.4. The minimum atomic E-state index is 0.161. The number of aryl methyl sites for hydroxylation is 4. The van der Waals surface area contributed by atoms with Crippen molar-refractivity contribution in [3.05, 3.63) is 34.9 Å². The third-order valence-corrected chi connectivity index (χ3v) is 3.42. The molecule has 0 saturated carbocycles. The van der Waals surface area contributed by atoms with Crippen LogP contribution in [0.2, 0.25) is 0 Å². The summed E-state index contributed by atoms with van der Waals surface area (Å²) in [5.74, 6) is 0. The quantitative estimate of drug-likeness (QED) is 0.770. The summed E-state index contributed by atoms with van der Waals surface area (Å²) >= 11 is 0. The van der Waals surface area contributed by atoms with Crippen LogP contribution < -0.4 is 4.90 Å². The molecule has 2 heterocycles. The Balaban J connectivity index is 2.11. The number of aliphatic hydroxyl groups is 1. The van der Waals surface area contributed by atoms with Crippen molar-refractivity contribution in [3.63, 3.8) is 0 Å². The summed E-state index contributed by atoms with van der Waals surface area (Å²) in [6.07, 6.45) is 0. The van der Waals surface area contributed by atoms with E-state index < -0.39 is 0 Å². The van der Waals surface area contributed by atoms with Crippen molar-refractivity contribution in [1.29, 1.82) is 0 Å². The van der Waals surface area contributed by atoms with Gasteiger partial charge in [-0.25, -0.2) is 9.36 Å². The summed E-state index contributed by atoms with van der Waals surface area (Å²) in [5.41, 5.74) is 4.34. The van der Waals surface area contributed by atoms with Crippen LogP contribution in [-0.2, 0) is 13.3 Å². The molecule has 0 radical (unpaired) electrons. The van der Waals surface area contributed by atoms with Crippen molar-refractivity contribution in [3.8, 4) is 0 Å². The molecule has 0 amide bonds. The van der Waals surface area contributed by atoms with E-state index in [1.54, 1.807) is 0 Å². The van der Waals surface area contributed by atoms with E-state index in [4.69, 9.17) is 0 Å². The van der Waals surface area contributed by atoms with Gasteiger partial charge in [0, 0.05) is 11.4 Å². The zero-order valence-corrected chi connectivity index (χ0v) is 12.7. The summed E-state index contributed by atoms with van der Waals surface area (Å²) in [6.45, 7) is 10.4. The third kappa shape index (κ3) is 3.46. The Morgan fingerprint density at radius 1 is 0.950 bits per heavy atom. The predicted molar refractivity (Wildman–Crippen MR) is 76.3 cm³/mol. The van der Waals surface area contributed by atoms with Gasteiger partial charge in [0.25, 0.3) is 0 Å². The number of aromatic nitrogens is 4. The molecule has 2 rings (SSSR count). The SMILES string of the molecule is Cc1cc(C)n(C[NH+](CCO)Cn2nc(C)cc2C)n1. The van der Waals surface area contributed by atoms with Crippen LogP contribution in [0.3, 0.4) is 0 Å². The third-order valence-electron chi connectivity index (χ3n) is 3.42. The Morgan fingerprint density at radius 2 is 1.40 bits per heavy atom. The Kier molecular flexibility index (Phi) is 4.57. The number of rotatable bonds is 6. The lowest BCUT2D eigenvalue weighted by Gasteiger charge is -2.19. The van der Waals surface area contributed by atoms with Gasteiger partial charge in [0.15, 0.2) is 13.3 Å². The largest absolute Gasteiger partial charge is 0.391 e. The second-order valence-electron chi connectivity index (χ2n) is 5.39. The highest BCUT2D eigenvalue weighted by molar-refractivity contribution is 5.06. The van der Waals surface area contributed by atoms with E-state index in [2.05, 4.69) is 36.2 Å². The molecule has 110 valence electrons. The molecule has 0 saturated heterocycles. The number of hydrogen-bond acceptors (Lipinski definition) is 3. The normalized spacial score (nSPS) is 11.5. The van der Waals surface area contributed by atoms with Gasteiger partial charge in [0.1, 0.15) is 6.54 Å². The molecule has 2 aromatic heterocycles. The molecule has 0 spiro atoms. The van der Waals surface area contributed by atoms with Crippen molar-refractivity contribution < 1.29 is 10.0 Å². The average molecular weight is 278 g/mol. The van der Waals surface area contributed by atoms with Crippen molar-refractivity contribution in [2.24, 2.45) is 0 Å². The zero-order chi connectivity index (χ0) is 14.7. The molecule has 20 heavy (non-hydrogen) atoms. The lowest BCUT2D eigenvalue weighted by molar-refractivity contribution is -0.946. The molecular formula is C14H24N5O+. The molecular weight excluding hydrogens is 254 g/mol. The van der Waals surface area contributed by atoms with Crippen LogP contribution >= 0.6 is 0 Å². The molecule has 0 aromatic carbocycles. The summed E-state index contributed by atoms with van der Waals surface area (Å²) in [7, 11) is 0. The van der Waals surface area contributed by atoms with Gasteiger partial charge in [-0.3, -0.25) is 4.90 Å². The fraction of sp³-hybridized carbons (Fsp3) is 0.571. The van der Waals surface area contributed by atoms with Gasteiger partial charge in [0.2, 0.25) is 0 Å². The summed E-state index contributed by atoms with van der Waals surface area (Å²) in [6, 6.07) is 4.14. The monoisotopic (exact) mass is 278 g/mol. The van der Waals surface area contributed by atoms with E-state index in [-0.39, 0.29) is 6.61 Å². The highest BCUT2D eigenvalue weighted by atomic mass is 16.3. The number of nitrogens with zero attached hydrogens (tertiary/aromatic N) is 4. The van der Waals surface area contributed by atoms with Gasteiger partial charge in [-0.05, 0) is 39.8 Å². The molecule has 2 aromatic rings. The Bertz CT molecular complexity index is 524. The zero-order valence-electron chi connectivity index (χ0n) is 12.7. The smallest absolute Gasteiger partial charge is 0.174 e. The minimum Gasteiger partial charge on any atom is -0.391 e. The van der Waals surface area contributed by atoms with Crippen LogP contribution in [0, 0.1) is 27.7 Å². The fourth-order valence-electron chi connectivity index (χ4n) is 2.46. The highest BCUT2D eigenvalue weighted by Crippen LogP contribution is 2.01. The van der Waals surface area contributed by atoms with Crippen molar-refractivity contribution in [1.82, 2.24) is 19.6 Å². The second kappa shape index (κ2) is 6.19. The summed E-state index contributed by atoms with van der Waals surface area (Å²) in [4.78, 5) is 1.23. The van der Waals surface area contributed by atoms with E-state index >= 15 is 0 Å². The number of quaternary nitrogens is 1. The van der Waals surface area contributed by atoms with Crippen molar-refractivity contribution in [2.45, 2.75) is 41.0 Å².